The summed E-state index contributed by atoms with van der Waals surface area (Å²) in [4.78, 5) is 0.288. The zero-order chi connectivity index (χ0) is 10.7. The molecule has 5 heteroatoms. The fraction of sp³-hybridized carbons (Fsp3) is 0.222. The van der Waals surface area contributed by atoms with Gasteiger partial charge < -0.3 is 15.2 Å². The van der Waals surface area contributed by atoms with Crippen LogP contribution in [0.4, 0.5) is 0 Å². The molecule has 0 aromatic heterocycles. The summed E-state index contributed by atoms with van der Waals surface area (Å²) in [7, 11) is 3.14. The maximum absolute atomic E-state index is 5.56. The highest BCUT2D eigenvalue weighted by Crippen LogP contribution is 2.32. The minimum Gasteiger partial charge on any atom is -0.497 e. The fourth-order valence-corrected chi connectivity index (χ4v) is 2.05. The van der Waals surface area contributed by atoms with Crippen LogP contribution in [-0.2, 0) is 0 Å². The van der Waals surface area contributed by atoms with E-state index < -0.39 is 0 Å². The number of hydrogen-bond acceptors (Lipinski definition) is 3. The van der Waals surface area contributed by atoms with Gasteiger partial charge in [0.2, 0.25) is 0 Å². The van der Waals surface area contributed by atoms with E-state index in [1.54, 1.807) is 26.4 Å². The van der Waals surface area contributed by atoms with E-state index >= 15 is 0 Å². The summed E-state index contributed by atoms with van der Waals surface area (Å²) in [6, 6.07) is 3.52. The molecular weight excluding hydrogens is 266 g/mol. The summed E-state index contributed by atoms with van der Waals surface area (Å²) in [6.07, 6.45) is 0. The molecule has 0 aliphatic carbocycles. The van der Waals surface area contributed by atoms with E-state index in [-0.39, 0.29) is 4.99 Å². The molecule has 0 heterocycles. The first-order valence-electron chi connectivity index (χ1n) is 3.81. The lowest BCUT2D eigenvalue weighted by Crippen LogP contribution is -2.12. The van der Waals surface area contributed by atoms with Crippen LogP contribution < -0.4 is 15.2 Å². The quantitative estimate of drug-likeness (QED) is 0.859. The topological polar surface area (TPSA) is 44.5 Å². The third-order valence-electron chi connectivity index (χ3n) is 1.73. The van der Waals surface area contributed by atoms with E-state index in [9.17, 15) is 0 Å². The molecule has 0 spiro atoms. The van der Waals surface area contributed by atoms with Crippen molar-refractivity contribution in [3.8, 4) is 11.5 Å². The van der Waals surface area contributed by atoms with Gasteiger partial charge in [0, 0.05) is 10.5 Å². The molecule has 14 heavy (non-hydrogen) atoms. The van der Waals surface area contributed by atoms with E-state index in [1.807, 2.05) is 0 Å². The number of nitrogens with two attached hydrogens (primary N) is 1. The number of methoxy groups -OCH3 is 2. The monoisotopic (exact) mass is 275 g/mol. The average Bonchev–Trinajstić information content (AvgIpc) is 2.15. The van der Waals surface area contributed by atoms with Gasteiger partial charge in [-0.05, 0) is 22.0 Å². The van der Waals surface area contributed by atoms with Crippen molar-refractivity contribution in [1.29, 1.82) is 0 Å². The molecule has 1 rings (SSSR count). The molecule has 0 radical (unpaired) electrons. The Kier molecular flexibility index (Phi) is 3.71. The Morgan fingerprint density at radius 2 is 2.00 bits per heavy atom. The van der Waals surface area contributed by atoms with Crippen molar-refractivity contribution in [3.63, 3.8) is 0 Å². The van der Waals surface area contributed by atoms with Crippen molar-refractivity contribution in [2.24, 2.45) is 5.73 Å². The first-order chi connectivity index (χ1) is 6.60. The van der Waals surface area contributed by atoms with Crippen LogP contribution in [0.25, 0.3) is 0 Å². The van der Waals surface area contributed by atoms with Crippen LogP contribution in [-0.4, -0.2) is 19.2 Å². The van der Waals surface area contributed by atoms with Gasteiger partial charge >= 0.3 is 0 Å². The minimum atomic E-state index is 0.288. The maximum atomic E-state index is 5.56. The molecule has 3 nitrogen and oxygen atoms in total. The highest BCUT2D eigenvalue weighted by molar-refractivity contribution is 9.10. The summed E-state index contributed by atoms with van der Waals surface area (Å²) in [5.74, 6) is 1.29. The molecule has 2 N–H and O–H groups in total. The first kappa shape index (κ1) is 11.3. The van der Waals surface area contributed by atoms with Gasteiger partial charge in [-0.2, -0.15) is 0 Å². The van der Waals surface area contributed by atoms with Crippen LogP contribution in [0.1, 0.15) is 5.56 Å². The SMILES string of the molecule is COc1cc(Br)c(C(N)=S)c(OC)c1. The largest absolute Gasteiger partial charge is 0.497 e. The summed E-state index contributed by atoms with van der Waals surface area (Å²) < 4.78 is 11.0. The molecule has 0 unspecified atom stereocenters. The second kappa shape index (κ2) is 4.61. The third kappa shape index (κ3) is 2.16. The van der Waals surface area contributed by atoms with E-state index in [4.69, 9.17) is 27.4 Å². The maximum Gasteiger partial charge on any atom is 0.133 e. The Labute approximate surface area is 96.3 Å². The van der Waals surface area contributed by atoms with Gasteiger partial charge in [0.15, 0.2) is 0 Å². The van der Waals surface area contributed by atoms with Crippen molar-refractivity contribution in [1.82, 2.24) is 0 Å². The molecule has 0 saturated carbocycles. The van der Waals surface area contributed by atoms with Crippen LogP contribution in [0, 0.1) is 0 Å². The Hall–Kier alpha value is -0.810. The van der Waals surface area contributed by atoms with Crippen LogP contribution in [0.5, 0.6) is 11.5 Å². The molecule has 0 saturated heterocycles. The highest BCUT2D eigenvalue weighted by Gasteiger charge is 2.12. The summed E-state index contributed by atoms with van der Waals surface area (Å²) in [5, 5.41) is 0. The molecule has 0 bridgehead atoms. The van der Waals surface area contributed by atoms with Crippen LogP contribution >= 0.6 is 28.1 Å². The summed E-state index contributed by atoms with van der Waals surface area (Å²) in [5.41, 5.74) is 6.25. The van der Waals surface area contributed by atoms with Crippen LogP contribution in [0.15, 0.2) is 16.6 Å². The minimum absolute atomic E-state index is 0.288. The Morgan fingerprint density at radius 3 is 2.43 bits per heavy atom. The van der Waals surface area contributed by atoms with Crippen molar-refractivity contribution in [2.75, 3.05) is 14.2 Å². The molecule has 0 atom stereocenters. The van der Waals surface area contributed by atoms with Crippen molar-refractivity contribution >= 4 is 33.1 Å². The average molecular weight is 276 g/mol. The molecule has 1 aromatic carbocycles. The van der Waals surface area contributed by atoms with Crippen molar-refractivity contribution < 1.29 is 9.47 Å². The molecular formula is C9H10BrNO2S. The predicted molar refractivity (Wildman–Crippen MR) is 63.1 cm³/mol. The lowest BCUT2D eigenvalue weighted by atomic mass is 10.2. The van der Waals surface area contributed by atoms with Gasteiger partial charge in [0.25, 0.3) is 0 Å². The van der Waals surface area contributed by atoms with Gasteiger partial charge in [0.1, 0.15) is 16.5 Å². The lowest BCUT2D eigenvalue weighted by molar-refractivity contribution is 0.393. The van der Waals surface area contributed by atoms with Gasteiger partial charge in [-0.1, -0.05) is 12.2 Å². The Balaban J connectivity index is 3.34. The van der Waals surface area contributed by atoms with Gasteiger partial charge in [-0.3, -0.25) is 0 Å². The summed E-state index contributed by atoms with van der Waals surface area (Å²) >= 11 is 8.26. The molecule has 0 aliphatic heterocycles. The van der Waals surface area contributed by atoms with E-state index in [2.05, 4.69) is 15.9 Å². The Bertz CT molecular complexity index is 368. The normalized spacial score (nSPS) is 9.64. The number of halogens is 1. The second-order valence-corrected chi connectivity index (χ2v) is 3.84. The summed E-state index contributed by atoms with van der Waals surface area (Å²) in [6.45, 7) is 0. The zero-order valence-corrected chi connectivity index (χ0v) is 10.2. The number of benzene rings is 1. The molecule has 0 aliphatic rings. The predicted octanol–water partition coefficient (Wildman–Crippen LogP) is 2.10. The number of ether oxygens (including phenoxy) is 2. The third-order valence-corrected chi connectivity index (χ3v) is 2.56. The van der Waals surface area contributed by atoms with Gasteiger partial charge in [-0.25, -0.2) is 0 Å². The molecule has 76 valence electrons. The van der Waals surface area contributed by atoms with Crippen LogP contribution in [0.3, 0.4) is 0 Å². The Morgan fingerprint density at radius 1 is 1.36 bits per heavy atom. The molecule has 1 aromatic rings. The highest BCUT2D eigenvalue weighted by atomic mass is 79.9. The number of hydrogen-bond donors (Lipinski definition) is 1. The molecule has 0 fully saturated rings. The van der Waals surface area contributed by atoms with Gasteiger partial charge in [-0.15, -0.1) is 0 Å². The number of rotatable bonds is 3. The van der Waals surface area contributed by atoms with Gasteiger partial charge in [0.05, 0.1) is 19.8 Å². The smallest absolute Gasteiger partial charge is 0.133 e. The zero-order valence-electron chi connectivity index (χ0n) is 7.83. The van der Waals surface area contributed by atoms with E-state index in [1.165, 1.54) is 0 Å². The van der Waals surface area contributed by atoms with E-state index in [0.717, 1.165) is 4.47 Å². The standard InChI is InChI=1S/C9H10BrNO2S/c1-12-5-3-6(10)8(9(11)14)7(4-5)13-2/h3-4H,1-2H3,(H2,11,14). The fourth-order valence-electron chi connectivity index (χ4n) is 1.08. The van der Waals surface area contributed by atoms with Crippen LogP contribution in [0.2, 0.25) is 0 Å². The molecule has 0 amide bonds. The van der Waals surface area contributed by atoms with Crippen molar-refractivity contribution in [3.05, 3.63) is 22.2 Å². The van der Waals surface area contributed by atoms with Crippen molar-refractivity contribution in [2.45, 2.75) is 0 Å². The number of thiocarbonyl (C=S) groups is 1. The second-order valence-electron chi connectivity index (χ2n) is 2.55. The van der Waals surface area contributed by atoms with E-state index in [0.29, 0.717) is 17.1 Å². The first-order valence-corrected chi connectivity index (χ1v) is 5.01. The lowest BCUT2D eigenvalue weighted by Gasteiger charge is -2.11.